The van der Waals surface area contributed by atoms with E-state index in [9.17, 15) is 111 Å². The van der Waals surface area contributed by atoms with E-state index in [1.165, 1.54) is 0 Å². The van der Waals surface area contributed by atoms with Crippen molar-refractivity contribution in [3.05, 3.63) is 0 Å². The average Bonchev–Trinajstić information content (AvgIpc) is 3.46. The van der Waals surface area contributed by atoms with Gasteiger partial charge in [-0.25, -0.2) is 4.79 Å². The SMILES string of the molecule is COC(O)[C@@H](O)[C@H](O[C@@H]1OC(CO)[C@H](O[C@H]2OC(CO)[C@H](O)[C@H](O[C@@H]3OC(CO)[C@H](O)C(O[C@@H]4OC(CO)[C@H](O)C(O[C@]5(C(=O)O)C[C@@H](O)[C@@H](NC(C)=O)C([C@H](O)[C@H](O)CO)O5)[C@@H]4O)[C@@H]3NC(C)=O)C2O)C(O)[C@@H]1O)C(CO)OC. The number of amides is 2. The van der Waals surface area contributed by atoms with Crippen molar-refractivity contribution < 1.29 is 168 Å². The van der Waals surface area contributed by atoms with Crippen LogP contribution in [0.3, 0.4) is 0 Å². The van der Waals surface area contributed by atoms with Crippen LogP contribution in [0.1, 0.15) is 20.3 Å². The standard InChI is InChI=1S/C44H76N2O34/c1-12(53)45-21-14(55)5-44(43(67)68,79-35(21)23(57)15(56)6-47)80-37-26(60)18(9-50)73-42(31(37)65)77-34-22(46-13(2)54)39(71-16(7-48)24(34)58)78-36-25(59)17(8-49)72-41(30(36)64)76-33-20(11-52)74-40(28(62)27(33)61)75-32(19(10-51)69-3)29(63)38(66)70-4/h14-42,47-52,55-66H,5-11H2,1-4H3,(H,45,53)(H,46,54)(H,67,68)/t14-,15-,16?,17?,18?,19?,20?,21-,22+,23-,24+,25+,26+,27?,28+,29+,30?,31+,32-,33+,34?,35?,36+,37?,38?,39+,40+,41-,42+,44+/m1/s1. The Morgan fingerprint density at radius 3 is 1.52 bits per heavy atom. The van der Waals surface area contributed by atoms with Crippen molar-refractivity contribution in [2.24, 2.45) is 0 Å². The number of carbonyl (C=O) groups is 3. The Morgan fingerprint density at radius 1 is 0.562 bits per heavy atom. The summed E-state index contributed by atoms with van der Waals surface area (Å²) in [5.41, 5.74) is 0. The summed E-state index contributed by atoms with van der Waals surface area (Å²) in [7, 11) is 2.11. The quantitative estimate of drug-likeness (QED) is 0.0358. The second-order valence-electron chi connectivity index (χ2n) is 19.5. The van der Waals surface area contributed by atoms with Crippen molar-refractivity contribution in [2.75, 3.05) is 53.9 Å². The van der Waals surface area contributed by atoms with Gasteiger partial charge in [0.05, 0.1) is 51.8 Å². The van der Waals surface area contributed by atoms with Gasteiger partial charge in [0.2, 0.25) is 11.8 Å². The highest BCUT2D eigenvalue weighted by atomic mass is 16.8. The first-order valence-corrected chi connectivity index (χ1v) is 25.0. The highest BCUT2D eigenvalue weighted by Gasteiger charge is 2.61. The van der Waals surface area contributed by atoms with Crippen LogP contribution in [0.5, 0.6) is 0 Å². The van der Waals surface area contributed by atoms with Crippen molar-refractivity contribution in [2.45, 2.75) is 204 Å². The van der Waals surface area contributed by atoms with E-state index in [-0.39, 0.29) is 0 Å². The Balaban J connectivity index is 1.43. The van der Waals surface area contributed by atoms with Gasteiger partial charge in [0.25, 0.3) is 5.79 Å². The van der Waals surface area contributed by atoms with Crippen molar-refractivity contribution in [3.63, 3.8) is 0 Å². The van der Waals surface area contributed by atoms with Crippen molar-refractivity contribution in [1.29, 1.82) is 0 Å². The van der Waals surface area contributed by atoms with Gasteiger partial charge in [-0.1, -0.05) is 0 Å². The number of hydrogen-bond donors (Lipinski definition) is 21. The molecule has 0 radical (unpaired) electrons. The van der Waals surface area contributed by atoms with Gasteiger partial charge in [-0.3, -0.25) is 9.59 Å². The number of carboxylic acid groups (broad SMARTS) is 1. The molecule has 80 heavy (non-hydrogen) atoms. The molecule has 5 aliphatic heterocycles. The number of ether oxygens (including phenoxy) is 12. The van der Waals surface area contributed by atoms with Crippen LogP contribution < -0.4 is 10.6 Å². The maximum absolute atomic E-state index is 13.1. The third-order valence-corrected chi connectivity index (χ3v) is 14.1. The molecule has 11 unspecified atom stereocenters. The predicted molar refractivity (Wildman–Crippen MR) is 246 cm³/mol. The molecule has 30 atom stereocenters. The summed E-state index contributed by atoms with van der Waals surface area (Å²) in [6, 6.07) is -3.60. The zero-order chi connectivity index (χ0) is 59.8. The summed E-state index contributed by atoms with van der Waals surface area (Å²) < 4.78 is 67.2. The first-order chi connectivity index (χ1) is 37.7. The largest absolute Gasteiger partial charge is 0.477 e. The lowest BCUT2D eigenvalue weighted by Crippen LogP contribution is -2.71. The maximum atomic E-state index is 13.1. The number of aliphatic hydroxyl groups excluding tert-OH is 18. The number of aliphatic hydroxyl groups is 18. The normalized spacial score (nSPS) is 43.0. The van der Waals surface area contributed by atoms with E-state index in [1.807, 2.05) is 0 Å². The number of methoxy groups -OCH3 is 2. The molecule has 5 saturated heterocycles. The van der Waals surface area contributed by atoms with Gasteiger partial charge in [0.15, 0.2) is 31.5 Å². The molecular formula is C44H76N2O34. The lowest BCUT2D eigenvalue weighted by atomic mass is 9.88. The Kier molecular flexibility index (Phi) is 25.4. The van der Waals surface area contributed by atoms with Gasteiger partial charge in [-0.2, -0.15) is 0 Å². The van der Waals surface area contributed by atoms with Gasteiger partial charge in [0.1, 0.15) is 134 Å². The van der Waals surface area contributed by atoms with E-state index in [2.05, 4.69) is 10.6 Å². The van der Waals surface area contributed by atoms with Crippen LogP contribution in [0.4, 0.5) is 0 Å². The number of carboxylic acids is 1. The number of carbonyl (C=O) groups excluding carboxylic acids is 2. The molecule has 0 aromatic rings. The van der Waals surface area contributed by atoms with E-state index < -0.39 is 247 Å². The number of aliphatic carboxylic acids is 1. The second kappa shape index (κ2) is 29.8. The van der Waals surface area contributed by atoms with Crippen molar-refractivity contribution in [1.82, 2.24) is 10.6 Å². The highest BCUT2D eigenvalue weighted by molar-refractivity contribution is 5.76. The summed E-state index contributed by atoms with van der Waals surface area (Å²) in [6.45, 7) is -4.43. The molecule has 36 nitrogen and oxygen atoms in total. The third kappa shape index (κ3) is 15.0. The van der Waals surface area contributed by atoms with Gasteiger partial charge in [0, 0.05) is 34.5 Å². The molecule has 0 saturated carbocycles. The van der Waals surface area contributed by atoms with Crippen molar-refractivity contribution >= 4 is 17.8 Å². The van der Waals surface area contributed by atoms with Crippen LogP contribution >= 0.6 is 0 Å². The first-order valence-electron chi connectivity index (χ1n) is 25.0. The molecule has 5 rings (SSSR count). The molecule has 466 valence electrons. The minimum Gasteiger partial charge on any atom is -0.477 e. The van der Waals surface area contributed by atoms with E-state index in [0.29, 0.717) is 0 Å². The number of rotatable bonds is 26. The molecule has 5 fully saturated rings. The topological polar surface area (TPSA) is 570 Å². The number of hydrogen-bond acceptors (Lipinski definition) is 33. The first kappa shape index (κ1) is 68.0. The van der Waals surface area contributed by atoms with E-state index in [1.54, 1.807) is 0 Å². The fourth-order valence-corrected chi connectivity index (χ4v) is 9.79. The Bertz CT molecular complexity index is 1930. The van der Waals surface area contributed by atoms with Gasteiger partial charge in [-0.05, 0) is 0 Å². The van der Waals surface area contributed by atoms with Crippen LogP contribution in [0.2, 0.25) is 0 Å². The van der Waals surface area contributed by atoms with E-state index in [0.717, 1.165) is 28.1 Å². The summed E-state index contributed by atoms with van der Waals surface area (Å²) >= 11 is 0. The zero-order valence-corrected chi connectivity index (χ0v) is 43.3. The lowest BCUT2D eigenvalue weighted by Gasteiger charge is -2.51. The lowest BCUT2D eigenvalue weighted by molar-refractivity contribution is -0.390. The molecule has 5 heterocycles. The summed E-state index contributed by atoms with van der Waals surface area (Å²) in [5, 5.41) is 210. The van der Waals surface area contributed by atoms with E-state index >= 15 is 0 Å². The van der Waals surface area contributed by atoms with Crippen LogP contribution in [-0.2, 0) is 71.2 Å². The van der Waals surface area contributed by atoms with Crippen LogP contribution in [0, 0.1) is 0 Å². The smallest absolute Gasteiger partial charge is 0.364 e. The summed E-state index contributed by atoms with van der Waals surface area (Å²) in [6.07, 6.45) is -56.4. The predicted octanol–water partition coefficient (Wildman–Crippen LogP) is -13.7. The molecule has 0 bridgehead atoms. The molecule has 0 aromatic heterocycles. The molecule has 0 aromatic carbocycles. The van der Waals surface area contributed by atoms with Gasteiger partial charge in [-0.15, -0.1) is 0 Å². The van der Waals surface area contributed by atoms with E-state index in [4.69, 9.17) is 56.8 Å². The van der Waals surface area contributed by atoms with Crippen LogP contribution in [0.15, 0.2) is 0 Å². The Hall–Kier alpha value is -2.79. The molecule has 0 spiro atoms. The Labute approximate surface area is 453 Å². The highest BCUT2D eigenvalue weighted by Crippen LogP contribution is 2.40. The summed E-state index contributed by atoms with van der Waals surface area (Å²) in [5.74, 6) is -7.10. The molecular weight excluding hydrogens is 1100 g/mol. The van der Waals surface area contributed by atoms with Gasteiger partial charge >= 0.3 is 5.97 Å². The zero-order valence-electron chi connectivity index (χ0n) is 43.3. The molecule has 0 aliphatic carbocycles. The van der Waals surface area contributed by atoms with Crippen molar-refractivity contribution in [3.8, 4) is 0 Å². The fourth-order valence-electron chi connectivity index (χ4n) is 9.79. The van der Waals surface area contributed by atoms with Crippen LogP contribution in [0.25, 0.3) is 0 Å². The third-order valence-electron chi connectivity index (χ3n) is 14.1. The fraction of sp³-hybridized carbons (Fsp3) is 0.932. The maximum Gasteiger partial charge on any atom is 0.364 e. The second-order valence-corrected chi connectivity index (χ2v) is 19.5. The molecule has 21 N–H and O–H groups in total. The molecule has 2 amide bonds. The molecule has 36 heteroatoms. The summed E-state index contributed by atoms with van der Waals surface area (Å²) in [4.78, 5) is 38.0. The Morgan fingerprint density at radius 2 is 1.04 bits per heavy atom. The minimum atomic E-state index is -3.23. The molecule has 5 aliphatic rings. The monoisotopic (exact) mass is 1180 g/mol. The minimum absolute atomic E-state index is 0.829. The number of nitrogens with one attached hydrogen (secondary N) is 2. The van der Waals surface area contributed by atoms with Crippen LogP contribution in [-0.4, -0.2) is 352 Å². The van der Waals surface area contributed by atoms with Gasteiger partial charge < -0.3 is 164 Å². The average molecular weight is 1180 g/mol.